The van der Waals surface area contributed by atoms with Gasteiger partial charge >= 0.3 is 0 Å². The highest BCUT2D eigenvalue weighted by atomic mass is 16.3. The lowest BCUT2D eigenvalue weighted by Gasteiger charge is -2.36. The molecule has 5 rings (SSSR count). The van der Waals surface area contributed by atoms with Crippen molar-refractivity contribution in [1.29, 1.82) is 0 Å². The van der Waals surface area contributed by atoms with Crippen LogP contribution in [-0.4, -0.2) is 41.6 Å². The molecule has 0 spiro atoms. The van der Waals surface area contributed by atoms with Crippen LogP contribution in [-0.2, 0) is 18.4 Å². The zero-order valence-corrected chi connectivity index (χ0v) is 22.3. The van der Waals surface area contributed by atoms with E-state index in [0.717, 1.165) is 30.9 Å². The third kappa shape index (κ3) is 4.42. The fourth-order valence-electron chi connectivity index (χ4n) is 4.64. The molecule has 0 saturated heterocycles. The molecular formula is C28H35N7O2. The van der Waals surface area contributed by atoms with Crippen LogP contribution in [0.1, 0.15) is 64.4 Å². The van der Waals surface area contributed by atoms with Crippen LogP contribution < -0.4 is 16.2 Å². The van der Waals surface area contributed by atoms with Gasteiger partial charge in [-0.05, 0) is 76.1 Å². The molecule has 0 bridgehead atoms. The van der Waals surface area contributed by atoms with Gasteiger partial charge in [0.1, 0.15) is 5.39 Å². The number of aliphatic hydroxyl groups is 1. The maximum atomic E-state index is 13.4. The largest absolute Gasteiger partial charge is 0.390 e. The first-order valence-corrected chi connectivity index (χ1v) is 12.8. The lowest BCUT2D eigenvalue weighted by Crippen LogP contribution is -2.43. The van der Waals surface area contributed by atoms with E-state index in [2.05, 4.69) is 27.8 Å². The fraction of sp³-hybridized carbons (Fsp3) is 0.429. The zero-order valence-electron chi connectivity index (χ0n) is 22.3. The summed E-state index contributed by atoms with van der Waals surface area (Å²) < 4.78 is 3.41. The first-order chi connectivity index (χ1) is 17.5. The number of nitrogens with zero attached hydrogens (tertiary/aromatic N) is 5. The molecule has 0 saturated carbocycles. The molecule has 0 fully saturated rings. The minimum Gasteiger partial charge on any atom is -0.390 e. The van der Waals surface area contributed by atoms with Gasteiger partial charge in [0.05, 0.1) is 11.3 Å². The Bertz CT molecular complexity index is 1530. The molecule has 9 nitrogen and oxygen atoms in total. The lowest BCUT2D eigenvalue weighted by atomic mass is 9.74. The molecule has 9 heteroatoms. The van der Waals surface area contributed by atoms with Gasteiger partial charge in [-0.1, -0.05) is 26.0 Å². The van der Waals surface area contributed by atoms with Crippen LogP contribution in [0, 0.1) is 0 Å². The van der Waals surface area contributed by atoms with E-state index in [9.17, 15) is 9.90 Å². The van der Waals surface area contributed by atoms with E-state index in [4.69, 9.17) is 9.97 Å². The van der Waals surface area contributed by atoms with Gasteiger partial charge < -0.3 is 15.7 Å². The molecule has 4 heterocycles. The summed E-state index contributed by atoms with van der Waals surface area (Å²) in [6.45, 7) is 13.2. The Balaban J connectivity index is 1.63. The highest BCUT2D eigenvalue weighted by Crippen LogP contribution is 2.34. The molecule has 0 aliphatic carbocycles. The number of fused-ring (bicyclic) bond motifs is 2. The molecule has 3 aromatic heterocycles. The van der Waals surface area contributed by atoms with Crippen molar-refractivity contribution in [3.8, 4) is 5.82 Å². The smallest absolute Gasteiger partial charge is 0.278 e. The Labute approximate surface area is 216 Å². The molecule has 3 N–H and O–H groups in total. The van der Waals surface area contributed by atoms with Crippen molar-refractivity contribution < 1.29 is 5.11 Å². The molecule has 0 radical (unpaired) electrons. The highest BCUT2D eigenvalue weighted by molar-refractivity contribution is 5.77. The average Bonchev–Trinajstić information content (AvgIpc) is 3.15. The molecule has 194 valence electrons. The number of aromatic nitrogens is 5. The Morgan fingerprint density at radius 3 is 2.59 bits per heavy atom. The topological polar surface area (TPSA) is 110 Å². The number of nitrogens with one attached hydrogen (secondary N) is 2. The first-order valence-electron chi connectivity index (χ1n) is 12.8. The number of pyridine rings is 1. The molecule has 37 heavy (non-hydrogen) atoms. The Kier molecular flexibility index (Phi) is 6.16. The maximum Gasteiger partial charge on any atom is 0.278 e. The monoisotopic (exact) mass is 501 g/mol. The highest BCUT2D eigenvalue weighted by Gasteiger charge is 2.38. The van der Waals surface area contributed by atoms with E-state index >= 15 is 0 Å². The van der Waals surface area contributed by atoms with Gasteiger partial charge in [0.25, 0.3) is 5.56 Å². The Morgan fingerprint density at radius 1 is 1.08 bits per heavy atom. The molecule has 1 aromatic carbocycles. The maximum absolute atomic E-state index is 13.4. The summed E-state index contributed by atoms with van der Waals surface area (Å²) in [7, 11) is 0. The number of hydrogen-bond donors (Lipinski definition) is 3. The number of hydrogen-bond acceptors (Lipinski definition) is 7. The minimum absolute atomic E-state index is 0.140. The van der Waals surface area contributed by atoms with E-state index in [1.165, 1.54) is 11.1 Å². The Morgan fingerprint density at radius 2 is 1.86 bits per heavy atom. The van der Waals surface area contributed by atoms with Crippen LogP contribution >= 0.6 is 0 Å². The molecule has 1 aliphatic rings. The second kappa shape index (κ2) is 9.08. The molecule has 0 amide bonds. The van der Waals surface area contributed by atoms with Gasteiger partial charge in [0, 0.05) is 29.9 Å². The molecule has 0 atom stereocenters. The fourth-order valence-corrected chi connectivity index (χ4v) is 4.64. The zero-order chi connectivity index (χ0) is 26.5. The minimum atomic E-state index is -1.00. The third-order valence-corrected chi connectivity index (χ3v) is 7.58. The van der Waals surface area contributed by atoms with E-state index in [1.54, 1.807) is 29.4 Å². The second-order valence-electron chi connectivity index (χ2n) is 11.1. The van der Waals surface area contributed by atoms with Crippen molar-refractivity contribution in [3.63, 3.8) is 0 Å². The summed E-state index contributed by atoms with van der Waals surface area (Å²) >= 11 is 0. The van der Waals surface area contributed by atoms with Crippen LogP contribution in [0.4, 0.5) is 11.6 Å². The average molecular weight is 502 g/mol. The van der Waals surface area contributed by atoms with Gasteiger partial charge in [-0.25, -0.2) is 19.3 Å². The van der Waals surface area contributed by atoms with Gasteiger partial charge in [0.15, 0.2) is 11.5 Å². The number of rotatable bonds is 6. The van der Waals surface area contributed by atoms with Crippen LogP contribution in [0.15, 0.2) is 47.4 Å². The molecule has 4 aromatic rings. The standard InChI is InChI=1S/C28H35N7O2/c1-17(2)34-25(36)21-16-30-26(31-20-11-10-18-12-13-29-15-19(18)14-20)33-24(21)35(34)23-9-7-8-22(32-23)27(3,4)28(5,6)37/h7-11,14,16-17,29,37H,12-13,15H2,1-6H3,(H,30,31,33). The van der Waals surface area contributed by atoms with E-state index in [0.29, 0.717) is 22.8 Å². The van der Waals surface area contributed by atoms with Gasteiger partial charge in [0.2, 0.25) is 5.95 Å². The third-order valence-electron chi connectivity index (χ3n) is 7.58. The number of anilines is 2. The summed E-state index contributed by atoms with van der Waals surface area (Å²) in [5, 5.41) is 17.9. The lowest BCUT2D eigenvalue weighted by molar-refractivity contribution is 0.00775. The van der Waals surface area contributed by atoms with Crippen molar-refractivity contribution in [2.45, 2.75) is 71.6 Å². The summed E-state index contributed by atoms with van der Waals surface area (Å²) in [6.07, 6.45) is 2.59. The predicted octanol–water partition coefficient (Wildman–Crippen LogP) is 4.00. The summed E-state index contributed by atoms with van der Waals surface area (Å²) in [4.78, 5) is 27.5. The van der Waals surface area contributed by atoms with Gasteiger partial charge in [-0.2, -0.15) is 4.98 Å². The van der Waals surface area contributed by atoms with E-state index < -0.39 is 11.0 Å². The quantitative estimate of drug-likeness (QED) is 0.366. The van der Waals surface area contributed by atoms with Crippen LogP contribution in [0.25, 0.3) is 16.9 Å². The van der Waals surface area contributed by atoms with Crippen molar-refractivity contribution in [2.24, 2.45) is 0 Å². The van der Waals surface area contributed by atoms with Crippen molar-refractivity contribution in [3.05, 3.63) is 69.8 Å². The van der Waals surface area contributed by atoms with E-state index in [1.807, 2.05) is 52.0 Å². The summed E-state index contributed by atoms with van der Waals surface area (Å²) in [5.41, 5.74) is 2.89. The van der Waals surface area contributed by atoms with Crippen molar-refractivity contribution in [2.75, 3.05) is 11.9 Å². The second-order valence-corrected chi connectivity index (χ2v) is 11.1. The van der Waals surface area contributed by atoms with Gasteiger partial charge in [-0.15, -0.1) is 0 Å². The van der Waals surface area contributed by atoms with Gasteiger partial charge in [-0.3, -0.25) is 4.79 Å². The number of benzene rings is 1. The summed E-state index contributed by atoms with van der Waals surface area (Å²) in [6, 6.07) is 11.8. The van der Waals surface area contributed by atoms with E-state index in [-0.39, 0.29) is 11.6 Å². The van der Waals surface area contributed by atoms with Crippen LogP contribution in [0.3, 0.4) is 0 Å². The van der Waals surface area contributed by atoms with Crippen LogP contribution in [0.5, 0.6) is 0 Å². The summed E-state index contributed by atoms with van der Waals surface area (Å²) in [5.74, 6) is 0.957. The first kappa shape index (κ1) is 25.1. The molecule has 0 unspecified atom stereocenters. The van der Waals surface area contributed by atoms with Crippen molar-refractivity contribution >= 4 is 22.7 Å². The predicted molar refractivity (Wildman–Crippen MR) is 146 cm³/mol. The molecular weight excluding hydrogens is 466 g/mol. The molecule has 1 aliphatic heterocycles. The SMILES string of the molecule is CC(C)n1c(=O)c2cnc(Nc3ccc4c(c3)CNCC4)nc2n1-c1cccc(C(C)(C)C(C)(C)O)n1. The Hall–Kier alpha value is -3.56. The van der Waals surface area contributed by atoms with Crippen LogP contribution in [0.2, 0.25) is 0 Å². The van der Waals surface area contributed by atoms with Crippen molar-refractivity contribution in [1.82, 2.24) is 29.6 Å². The normalized spacial score (nSPS) is 14.3.